The van der Waals surface area contributed by atoms with Crippen LogP contribution in [0.5, 0.6) is 5.75 Å². The molecule has 0 saturated heterocycles. The Balaban J connectivity index is 1.48. The summed E-state index contributed by atoms with van der Waals surface area (Å²) < 4.78 is 5.35. The van der Waals surface area contributed by atoms with E-state index in [0.29, 0.717) is 22.6 Å². The van der Waals surface area contributed by atoms with Gasteiger partial charge in [-0.2, -0.15) is 5.26 Å². The van der Waals surface area contributed by atoms with Crippen LogP contribution in [0.15, 0.2) is 103 Å². The maximum atomic E-state index is 12.7. The lowest BCUT2D eigenvalue weighted by Crippen LogP contribution is -2.13. The predicted octanol–water partition coefficient (Wildman–Crippen LogP) is 5.60. The number of hydrogen-bond donors (Lipinski definition) is 1. The van der Waals surface area contributed by atoms with Crippen LogP contribution in [0, 0.1) is 11.3 Å². The van der Waals surface area contributed by atoms with Gasteiger partial charge in [0.1, 0.15) is 17.4 Å². The summed E-state index contributed by atoms with van der Waals surface area (Å²) in [4.78, 5) is 24.8. The van der Waals surface area contributed by atoms with Crippen molar-refractivity contribution in [3.8, 4) is 11.8 Å². The van der Waals surface area contributed by atoms with Crippen LogP contribution in [0.4, 0.5) is 5.69 Å². The van der Waals surface area contributed by atoms with Crippen molar-refractivity contribution in [3.63, 3.8) is 0 Å². The van der Waals surface area contributed by atoms with E-state index in [-0.39, 0.29) is 5.57 Å². The van der Waals surface area contributed by atoms with Gasteiger partial charge in [-0.05, 0) is 47.4 Å². The van der Waals surface area contributed by atoms with E-state index in [0.717, 1.165) is 10.8 Å². The maximum Gasteiger partial charge on any atom is 0.343 e. The van der Waals surface area contributed by atoms with Gasteiger partial charge in [0.25, 0.3) is 5.91 Å². The second kappa shape index (κ2) is 9.41. The topological polar surface area (TPSA) is 79.2 Å². The van der Waals surface area contributed by atoms with Crippen molar-refractivity contribution < 1.29 is 14.3 Å². The normalized spacial score (nSPS) is 10.9. The maximum absolute atomic E-state index is 12.7. The highest BCUT2D eigenvalue weighted by Crippen LogP contribution is 2.24. The number of esters is 1. The zero-order chi connectivity index (χ0) is 22.3. The highest BCUT2D eigenvalue weighted by atomic mass is 16.5. The number of ether oxygens (including phenoxy) is 1. The number of nitrogens with zero attached hydrogens (tertiary/aromatic N) is 1. The molecule has 0 atom stereocenters. The molecule has 0 spiro atoms. The minimum absolute atomic E-state index is 0.0352. The van der Waals surface area contributed by atoms with Gasteiger partial charge in [-0.15, -0.1) is 0 Å². The van der Waals surface area contributed by atoms with E-state index in [4.69, 9.17) is 4.74 Å². The molecule has 4 aromatic carbocycles. The highest BCUT2D eigenvalue weighted by Gasteiger charge is 2.12. The number of anilines is 1. The molecule has 1 N–H and O–H groups in total. The minimum atomic E-state index is -0.497. The molecule has 1 amide bonds. The molecule has 4 rings (SSSR count). The van der Waals surface area contributed by atoms with Gasteiger partial charge in [0, 0.05) is 11.1 Å². The van der Waals surface area contributed by atoms with Gasteiger partial charge < -0.3 is 10.1 Å². The molecule has 0 aliphatic carbocycles. The third-order valence-electron chi connectivity index (χ3n) is 4.81. The van der Waals surface area contributed by atoms with Crippen LogP contribution in [-0.4, -0.2) is 11.9 Å². The van der Waals surface area contributed by atoms with Crippen LogP contribution in [0.3, 0.4) is 0 Å². The van der Waals surface area contributed by atoms with Crippen LogP contribution in [0.1, 0.15) is 15.9 Å². The molecule has 0 bridgehead atoms. The number of amides is 1. The monoisotopic (exact) mass is 418 g/mol. The zero-order valence-corrected chi connectivity index (χ0v) is 17.0. The van der Waals surface area contributed by atoms with E-state index in [1.165, 1.54) is 6.08 Å². The number of nitrogens with one attached hydrogen (secondary N) is 1. The van der Waals surface area contributed by atoms with Crippen LogP contribution in [-0.2, 0) is 4.79 Å². The highest BCUT2D eigenvalue weighted by molar-refractivity contribution is 6.12. The SMILES string of the molecule is N#C/C(=C\c1ccc(OC(=O)c2ccccc2)cc1)C(=O)Nc1cccc2ccccc12. The second-order valence-electron chi connectivity index (χ2n) is 6.98. The summed E-state index contributed by atoms with van der Waals surface area (Å²) in [5.74, 6) is -0.584. The third-order valence-corrected chi connectivity index (χ3v) is 4.81. The van der Waals surface area contributed by atoms with Crippen molar-refractivity contribution in [2.45, 2.75) is 0 Å². The molecule has 0 unspecified atom stereocenters. The smallest absolute Gasteiger partial charge is 0.343 e. The molecule has 0 heterocycles. The molecule has 32 heavy (non-hydrogen) atoms. The predicted molar refractivity (Wildman–Crippen MR) is 124 cm³/mol. The fraction of sp³-hybridized carbons (Fsp3) is 0. The van der Waals surface area contributed by atoms with E-state index in [2.05, 4.69) is 5.32 Å². The van der Waals surface area contributed by atoms with Crippen LogP contribution in [0.25, 0.3) is 16.8 Å². The summed E-state index contributed by atoms with van der Waals surface area (Å²) in [7, 11) is 0. The first-order valence-electron chi connectivity index (χ1n) is 9.92. The molecule has 0 aromatic heterocycles. The molecule has 154 valence electrons. The lowest BCUT2D eigenvalue weighted by molar-refractivity contribution is -0.112. The Morgan fingerprint density at radius 3 is 2.25 bits per heavy atom. The largest absolute Gasteiger partial charge is 0.423 e. The van der Waals surface area contributed by atoms with E-state index in [1.807, 2.05) is 48.5 Å². The fourth-order valence-corrected chi connectivity index (χ4v) is 3.21. The van der Waals surface area contributed by atoms with Gasteiger partial charge in [-0.1, -0.05) is 66.7 Å². The van der Waals surface area contributed by atoms with Gasteiger partial charge in [0.15, 0.2) is 0 Å². The number of benzene rings is 4. The molecule has 0 radical (unpaired) electrons. The van der Waals surface area contributed by atoms with Crippen molar-refractivity contribution >= 4 is 34.4 Å². The fourth-order valence-electron chi connectivity index (χ4n) is 3.21. The molecular formula is C27H18N2O3. The quantitative estimate of drug-likeness (QED) is 0.198. The first kappa shape index (κ1) is 20.6. The Morgan fingerprint density at radius 2 is 1.50 bits per heavy atom. The number of nitriles is 1. The van der Waals surface area contributed by atoms with E-state index in [9.17, 15) is 14.9 Å². The van der Waals surface area contributed by atoms with Gasteiger partial charge in [0.05, 0.1) is 5.56 Å². The van der Waals surface area contributed by atoms with Crippen molar-refractivity contribution in [2.24, 2.45) is 0 Å². The van der Waals surface area contributed by atoms with Crippen molar-refractivity contribution in [3.05, 3.63) is 114 Å². The Labute approximate surface area is 185 Å². The van der Waals surface area contributed by atoms with Crippen LogP contribution < -0.4 is 10.1 Å². The molecule has 0 saturated carbocycles. The number of carbonyl (C=O) groups excluding carboxylic acids is 2. The summed E-state index contributed by atoms with van der Waals surface area (Å²) in [5, 5.41) is 14.2. The van der Waals surface area contributed by atoms with Crippen LogP contribution in [0.2, 0.25) is 0 Å². The summed E-state index contributed by atoms with van der Waals surface area (Å²) in [6, 6.07) is 30.5. The number of hydrogen-bond acceptors (Lipinski definition) is 4. The molecule has 5 heteroatoms. The summed E-state index contributed by atoms with van der Waals surface area (Å²) in [6.45, 7) is 0. The van der Waals surface area contributed by atoms with Gasteiger partial charge in [0.2, 0.25) is 0 Å². The Bertz CT molecular complexity index is 1350. The molecule has 4 aromatic rings. The molecular weight excluding hydrogens is 400 g/mol. The Hall–Kier alpha value is -4.69. The summed E-state index contributed by atoms with van der Waals surface area (Å²) in [5.41, 5.74) is 1.69. The minimum Gasteiger partial charge on any atom is -0.423 e. The van der Waals surface area contributed by atoms with E-state index >= 15 is 0 Å². The van der Waals surface area contributed by atoms with Gasteiger partial charge in [-0.25, -0.2) is 4.79 Å². The summed E-state index contributed by atoms with van der Waals surface area (Å²) >= 11 is 0. The average Bonchev–Trinajstić information content (AvgIpc) is 2.84. The van der Waals surface area contributed by atoms with Crippen molar-refractivity contribution in [2.75, 3.05) is 5.32 Å². The van der Waals surface area contributed by atoms with Gasteiger partial charge in [-0.3, -0.25) is 4.79 Å². The Kier molecular flexibility index (Phi) is 6.05. The molecule has 0 fully saturated rings. The number of rotatable bonds is 5. The zero-order valence-electron chi connectivity index (χ0n) is 17.0. The lowest BCUT2D eigenvalue weighted by Gasteiger charge is -2.08. The lowest BCUT2D eigenvalue weighted by atomic mass is 10.1. The molecule has 5 nitrogen and oxygen atoms in total. The number of carbonyl (C=O) groups is 2. The average molecular weight is 418 g/mol. The van der Waals surface area contributed by atoms with E-state index < -0.39 is 11.9 Å². The van der Waals surface area contributed by atoms with E-state index in [1.54, 1.807) is 54.6 Å². The first-order valence-corrected chi connectivity index (χ1v) is 9.92. The van der Waals surface area contributed by atoms with Crippen molar-refractivity contribution in [1.29, 1.82) is 5.26 Å². The van der Waals surface area contributed by atoms with Crippen molar-refractivity contribution in [1.82, 2.24) is 0 Å². The molecule has 0 aliphatic heterocycles. The standard InChI is InChI=1S/C27H18N2O3/c28-18-22(26(30)29-25-12-6-10-20-7-4-5-11-24(20)25)17-19-13-15-23(16-14-19)32-27(31)21-8-2-1-3-9-21/h1-17H,(H,29,30)/b22-17+. The second-order valence-corrected chi connectivity index (χ2v) is 6.98. The molecule has 0 aliphatic rings. The summed E-state index contributed by atoms with van der Waals surface area (Å²) in [6.07, 6.45) is 1.49. The third kappa shape index (κ3) is 4.72. The number of fused-ring (bicyclic) bond motifs is 1. The van der Waals surface area contributed by atoms with Crippen LogP contribution >= 0.6 is 0 Å². The first-order chi connectivity index (χ1) is 15.6. The van der Waals surface area contributed by atoms with Gasteiger partial charge >= 0.3 is 5.97 Å². The Morgan fingerprint density at radius 1 is 0.812 bits per heavy atom.